The van der Waals surface area contributed by atoms with Gasteiger partial charge in [-0.2, -0.15) is 0 Å². The Labute approximate surface area is 125 Å². The summed E-state index contributed by atoms with van der Waals surface area (Å²) in [6.45, 7) is 2.68. The van der Waals surface area contributed by atoms with E-state index in [1.54, 1.807) is 0 Å². The van der Waals surface area contributed by atoms with E-state index in [4.69, 9.17) is 0 Å². The smallest absolute Gasteiger partial charge is 0.164 e. The zero-order valence-corrected chi connectivity index (χ0v) is 12.7. The van der Waals surface area contributed by atoms with Crippen LogP contribution < -0.4 is 0 Å². The lowest BCUT2D eigenvalue weighted by Crippen LogP contribution is -2.42. The van der Waals surface area contributed by atoms with E-state index in [1.807, 2.05) is 0 Å². The van der Waals surface area contributed by atoms with Gasteiger partial charge < -0.3 is 14.9 Å². The summed E-state index contributed by atoms with van der Waals surface area (Å²) in [5, 5.41) is 10.1. The Morgan fingerprint density at radius 1 is 1.29 bits per heavy atom. The number of benzene rings is 1. The number of aliphatic hydroxyl groups is 1. The Bertz CT molecular complexity index is 460. The van der Waals surface area contributed by atoms with Crippen LogP contribution in [-0.4, -0.2) is 54.7 Å². The van der Waals surface area contributed by atoms with Gasteiger partial charge in [0.2, 0.25) is 0 Å². The first-order chi connectivity index (χ1) is 9.99. The number of hydrogen-bond donors (Lipinski definition) is 1. The summed E-state index contributed by atoms with van der Waals surface area (Å²) in [6, 6.07) is 4.56. The molecule has 0 spiro atoms. The van der Waals surface area contributed by atoms with Gasteiger partial charge in [-0.1, -0.05) is 12.1 Å². The van der Waals surface area contributed by atoms with E-state index in [9.17, 15) is 13.9 Å². The molecule has 0 aromatic heterocycles. The molecule has 1 N–H and O–H groups in total. The van der Waals surface area contributed by atoms with Gasteiger partial charge in [0.15, 0.2) is 11.6 Å². The minimum absolute atomic E-state index is 0.0539. The van der Waals surface area contributed by atoms with Gasteiger partial charge >= 0.3 is 0 Å². The summed E-state index contributed by atoms with van der Waals surface area (Å²) in [4.78, 5) is 4.52. The quantitative estimate of drug-likeness (QED) is 0.904. The molecule has 1 unspecified atom stereocenters. The van der Waals surface area contributed by atoms with Crippen molar-refractivity contribution in [3.05, 3.63) is 35.4 Å². The first-order valence-corrected chi connectivity index (χ1v) is 7.49. The molecular weight excluding hydrogens is 274 g/mol. The molecule has 1 aromatic rings. The molecule has 0 saturated carbocycles. The predicted molar refractivity (Wildman–Crippen MR) is 79.1 cm³/mol. The van der Waals surface area contributed by atoms with Crippen LogP contribution in [0.15, 0.2) is 18.2 Å². The van der Waals surface area contributed by atoms with Crippen molar-refractivity contribution >= 4 is 0 Å². The van der Waals surface area contributed by atoms with E-state index in [0.717, 1.165) is 32.0 Å². The van der Waals surface area contributed by atoms with E-state index in [-0.39, 0.29) is 5.56 Å². The highest BCUT2D eigenvalue weighted by molar-refractivity contribution is 5.21. The molecule has 1 aliphatic heterocycles. The normalized spacial score (nSPS) is 19.1. The average molecular weight is 298 g/mol. The van der Waals surface area contributed by atoms with Crippen molar-refractivity contribution < 1.29 is 13.9 Å². The number of nitrogens with zero attached hydrogens (tertiary/aromatic N) is 2. The van der Waals surface area contributed by atoms with Gasteiger partial charge in [0.05, 0.1) is 6.10 Å². The molecule has 0 bridgehead atoms. The van der Waals surface area contributed by atoms with E-state index in [0.29, 0.717) is 19.0 Å². The Hall–Kier alpha value is -1.04. The predicted octanol–water partition coefficient (Wildman–Crippen LogP) is 2.41. The highest BCUT2D eigenvalue weighted by Crippen LogP contribution is 2.23. The minimum atomic E-state index is -0.952. The van der Waals surface area contributed by atoms with Crippen LogP contribution in [0.25, 0.3) is 0 Å². The summed E-state index contributed by atoms with van der Waals surface area (Å²) in [6.07, 6.45) is 1.69. The van der Waals surface area contributed by atoms with Crippen LogP contribution >= 0.6 is 0 Å². The average Bonchev–Trinajstić information content (AvgIpc) is 2.48. The van der Waals surface area contributed by atoms with Gasteiger partial charge in [-0.05, 0) is 52.5 Å². The second-order valence-electron chi connectivity index (χ2n) is 5.98. The number of rotatable bonds is 5. The van der Waals surface area contributed by atoms with Gasteiger partial charge in [-0.3, -0.25) is 0 Å². The summed E-state index contributed by atoms with van der Waals surface area (Å²) in [7, 11) is 4.19. The second kappa shape index (κ2) is 7.29. The molecule has 0 radical (unpaired) electrons. The molecule has 2 rings (SSSR count). The summed E-state index contributed by atoms with van der Waals surface area (Å²) < 4.78 is 26.8. The molecule has 0 amide bonds. The van der Waals surface area contributed by atoms with Crippen LogP contribution in [0.3, 0.4) is 0 Å². The monoisotopic (exact) mass is 298 g/mol. The van der Waals surface area contributed by atoms with Gasteiger partial charge in [0.25, 0.3) is 0 Å². The van der Waals surface area contributed by atoms with Crippen molar-refractivity contribution in [3.8, 4) is 0 Å². The van der Waals surface area contributed by atoms with Crippen molar-refractivity contribution in [2.24, 2.45) is 0 Å². The zero-order valence-electron chi connectivity index (χ0n) is 12.7. The molecule has 118 valence electrons. The van der Waals surface area contributed by atoms with Gasteiger partial charge in [0.1, 0.15) is 0 Å². The topological polar surface area (TPSA) is 26.7 Å². The zero-order chi connectivity index (χ0) is 15.4. The number of halogens is 2. The fraction of sp³-hybridized carbons (Fsp3) is 0.625. The van der Waals surface area contributed by atoms with Crippen LogP contribution in [0.4, 0.5) is 8.78 Å². The van der Waals surface area contributed by atoms with E-state index >= 15 is 0 Å². The highest BCUT2D eigenvalue weighted by Gasteiger charge is 2.22. The molecule has 3 nitrogen and oxygen atoms in total. The van der Waals surface area contributed by atoms with Crippen LogP contribution in [0.5, 0.6) is 0 Å². The number of likely N-dealkylation sites (tertiary alicyclic amines) is 1. The summed E-state index contributed by atoms with van der Waals surface area (Å²) >= 11 is 0. The minimum Gasteiger partial charge on any atom is -0.388 e. The van der Waals surface area contributed by atoms with Crippen molar-refractivity contribution in [3.63, 3.8) is 0 Å². The Morgan fingerprint density at radius 2 is 1.95 bits per heavy atom. The van der Waals surface area contributed by atoms with Crippen molar-refractivity contribution in [1.82, 2.24) is 9.80 Å². The third kappa shape index (κ3) is 4.22. The molecule has 1 saturated heterocycles. The van der Waals surface area contributed by atoms with Gasteiger partial charge in [-0.25, -0.2) is 8.78 Å². The van der Waals surface area contributed by atoms with Gasteiger partial charge in [0, 0.05) is 18.2 Å². The second-order valence-corrected chi connectivity index (χ2v) is 5.98. The lowest BCUT2D eigenvalue weighted by Gasteiger charge is -2.35. The summed E-state index contributed by atoms with van der Waals surface area (Å²) in [5.74, 6) is -1.84. The summed E-state index contributed by atoms with van der Waals surface area (Å²) in [5.41, 5.74) is 0.0539. The Kier molecular flexibility index (Phi) is 5.67. The van der Waals surface area contributed by atoms with E-state index in [1.165, 1.54) is 12.1 Å². The largest absolute Gasteiger partial charge is 0.388 e. The SMILES string of the molecule is CN(C)C1CCN(CCC(O)c2cccc(F)c2F)CC1. The maximum Gasteiger partial charge on any atom is 0.164 e. The third-order valence-electron chi connectivity index (χ3n) is 4.35. The number of piperidine rings is 1. The third-order valence-corrected chi connectivity index (χ3v) is 4.35. The fourth-order valence-electron chi connectivity index (χ4n) is 2.90. The van der Waals surface area contributed by atoms with E-state index < -0.39 is 17.7 Å². The molecule has 1 aromatic carbocycles. The van der Waals surface area contributed by atoms with Gasteiger partial charge in [-0.15, -0.1) is 0 Å². The van der Waals surface area contributed by atoms with Crippen LogP contribution in [-0.2, 0) is 0 Å². The highest BCUT2D eigenvalue weighted by atomic mass is 19.2. The maximum absolute atomic E-state index is 13.6. The van der Waals surface area contributed by atoms with Crippen LogP contribution in [0.1, 0.15) is 30.9 Å². The molecule has 1 heterocycles. The lowest BCUT2D eigenvalue weighted by atomic mass is 10.0. The lowest BCUT2D eigenvalue weighted by molar-refractivity contribution is 0.108. The molecule has 0 aliphatic carbocycles. The first-order valence-electron chi connectivity index (χ1n) is 7.49. The maximum atomic E-state index is 13.6. The number of hydrogen-bond acceptors (Lipinski definition) is 3. The molecular formula is C16H24F2N2O. The Morgan fingerprint density at radius 3 is 2.57 bits per heavy atom. The van der Waals surface area contributed by atoms with Crippen LogP contribution in [0.2, 0.25) is 0 Å². The van der Waals surface area contributed by atoms with Crippen LogP contribution in [0, 0.1) is 11.6 Å². The fourth-order valence-corrected chi connectivity index (χ4v) is 2.90. The number of aliphatic hydroxyl groups excluding tert-OH is 1. The molecule has 1 aliphatic rings. The molecule has 5 heteroatoms. The molecule has 1 fully saturated rings. The molecule has 1 atom stereocenters. The van der Waals surface area contributed by atoms with Crippen molar-refractivity contribution in [2.75, 3.05) is 33.7 Å². The molecule has 21 heavy (non-hydrogen) atoms. The van der Waals surface area contributed by atoms with Crippen molar-refractivity contribution in [1.29, 1.82) is 0 Å². The van der Waals surface area contributed by atoms with E-state index in [2.05, 4.69) is 23.9 Å². The van der Waals surface area contributed by atoms with Crippen molar-refractivity contribution in [2.45, 2.75) is 31.4 Å². The standard InChI is InChI=1S/C16H24F2N2O/c1-19(2)12-6-9-20(10-7-12)11-8-15(21)13-4-3-5-14(17)16(13)18/h3-5,12,15,21H,6-11H2,1-2H3. The first kappa shape index (κ1) is 16.3. The Balaban J connectivity index is 1.82.